The summed E-state index contributed by atoms with van der Waals surface area (Å²) in [6, 6.07) is 8.45. The van der Waals surface area contributed by atoms with E-state index < -0.39 is 9.84 Å². The van der Waals surface area contributed by atoms with Crippen molar-refractivity contribution in [3.63, 3.8) is 0 Å². The van der Waals surface area contributed by atoms with Gasteiger partial charge in [0.05, 0.1) is 12.3 Å². The lowest BCUT2D eigenvalue weighted by molar-refractivity contribution is 0.379. The number of aliphatic imine (C=N–C) groups is 1. The van der Waals surface area contributed by atoms with Gasteiger partial charge in [0.15, 0.2) is 15.8 Å². The van der Waals surface area contributed by atoms with Crippen molar-refractivity contribution in [3.05, 3.63) is 35.4 Å². The largest absolute Gasteiger partial charge is 0.357 e. The summed E-state index contributed by atoms with van der Waals surface area (Å²) in [5.74, 6) is 1.10. The number of guanidine groups is 1. The summed E-state index contributed by atoms with van der Waals surface area (Å²) in [4.78, 5) is 6.69. The predicted molar refractivity (Wildman–Crippen MR) is 90.9 cm³/mol. The molecule has 0 spiro atoms. The predicted octanol–water partition coefficient (Wildman–Crippen LogP) is 1.44. The number of hydrogen-bond acceptors (Lipinski definition) is 3. The molecule has 2 rings (SSSR count). The molecule has 0 aliphatic carbocycles. The lowest BCUT2D eigenvalue weighted by atomic mass is 10.0. The fourth-order valence-electron chi connectivity index (χ4n) is 2.54. The molecular formula is C16H25N3O2S. The topological polar surface area (TPSA) is 61.8 Å². The SMILES string of the molecule is CCNC(=NCCS(=O)(=O)CC)N1CCc2ccccc2C1. The normalized spacial score (nSPS) is 15.5. The lowest BCUT2D eigenvalue weighted by Crippen LogP contribution is -2.44. The van der Waals surface area contributed by atoms with Gasteiger partial charge in [0.25, 0.3) is 0 Å². The summed E-state index contributed by atoms with van der Waals surface area (Å²) in [6.45, 7) is 6.52. The van der Waals surface area contributed by atoms with E-state index in [2.05, 4.69) is 39.5 Å². The molecule has 0 unspecified atom stereocenters. The number of fused-ring (bicyclic) bond motifs is 1. The summed E-state index contributed by atoms with van der Waals surface area (Å²) in [7, 11) is -2.96. The molecule has 1 aromatic carbocycles. The van der Waals surface area contributed by atoms with Gasteiger partial charge in [-0.1, -0.05) is 31.2 Å². The minimum absolute atomic E-state index is 0.114. The van der Waals surface area contributed by atoms with Gasteiger partial charge in [-0.15, -0.1) is 0 Å². The molecule has 0 saturated heterocycles. The lowest BCUT2D eigenvalue weighted by Gasteiger charge is -2.31. The zero-order chi connectivity index (χ0) is 16.0. The fraction of sp³-hybridized carbons (Fsp3) is 0.562. The van der Waals surface area contributed by atoms with Crippen molar-refractivity contribution in [2.24, 2.45) is 4.99 Å². The van der Waals surface area contributed by atoms with Crippen LogP contribution in [0.2, 0.25) is 0 Å². The van der Waals surface area contributed by atoms with E-state index in [0.29, 0.717) is 6.54 Å². The Kier molecular flexibility index (Phi) is 5.83. The van der Waals surface area contributed by atoms with E-state index in [9.17, 15) is 8.42 Å². The Morgan fingerprint density at radius 3 is 2.68 bits per heavy atom. The van der Waals surface area contributed by atoms with Gasteiger partial charge in [0.2, 0.25) is 0 Å². The van der Waals surface area contributed by atoms with Crippen LogP contribution >= 0.6 is 0 Å². The first-order chi connectivity index (χ1) is 10.6. The maximum Gasteiger partial charge on any atom is 0.194 e. The number of benzene rings is 1. The van der Waals surface area contributed by atoms with Crippen molar-refractivity contribution in [1.82, 2.24) is 10.2 Å². The van der Waals surface area contributed by atoms with E-state index in [4.69, 9.17) is 0 Å². The molecule has 122 valence electrons. The molecule has 1 N–H and O–H groups in total. The highest BCUT2D eigenvalue weighted by atomic mass is 32.2. The average Bonchev–Trinajstić information content (AvgIpc) is 2.53. The highest BCUT2D eigenvalue weighted by Crippen LogP contribution is 2.18. The second-order valence-electron chi connectivity index (χ2n) is 5.41. The van der Waals surface area contributed by atoms with Gasteiger partial charge in [-0.3, -0.25) is 4.99 Å². The Morgan fingerprint density at radius 1 is 1.27 bits per heavy atom. The maximum atomic E-state index is 11.6. The van der Waals surface area contributed by atoms with Crippen molar-refractivity contribution < 1.29 is 8.42 Å². The third-order valence-corrected chi connectivity index (χ3v) is 5.55. The van der Waals surface area contributed by atoms with E-state index >= 15 is 0 Å². The summed E-state index contributed by atoms with van der Waals surface area (Å²) in [5, 5.41) is 3.27. The first-order valence-electron chi connectivity index (χ1n) is 7.86. The van der Waals surface area contributed by atoms with Crippen molar-refractivity contribution >= 4 is 15.8 Å². The monoisotopic (exact) mass is 323 g/mol. The second-order valence-corrected chi connectivity index (χ2v) is 7.89. The van der Waals surface area contributed by atoms with Crippen LogP contribution in [0.1, 0.15) is 25.0 Å². The van der Waals surface area contributed by atoms with E-state index in [1.165, 1.54) is 11.1 Å². The maximum absolute atomic E-state index is 11.6. The minimum atomic E-state index is -2.96. The summed E-state index contributed by atoms with van der Waals surface area (Å²) in [6.07, 6.45) is 0.994. The molecule has 0 amide bonds. The molecule has 0 bridgehead atoms. The van der Waals surface area contributed by atoms with Crippen molar-refractivity contribution in [2.75, 3.05) is 31.1 Å². The first kappa shape index (κ1) is 16.8. The summed E-state index contributed by atoms with van der Waals surface area (Å²) < 4.78 is 23.2. The number of rotatable bonds is 5. The van der Waals surface area contributed by atoms with Gasteiger partial charge in [0.1, 0.15) is 0 Å². The van der Waals surface area contributed by atoms with Crippen LogP contribution in [0.15, 0.2) is 29.3 Å². The zero-order valence-electron chi connectivity index (χ0n) is 13.4. The standard InChI is InChI=1S/C16H25N3O2S/c1-3-17-16(18-10-12-22(20,21)4-2)19-11-9-14-7-5-6-8-15(14)13-19/h5-8H,3-4,9-13H2,1-2H3,(H,17,18). The molecular weight excluding hydrogens is 298 g/mol. The van der Waals surface area contributed by atoms with Crippen LogP contribution in [0.4, 0.5) is 0 Å². The zero-order valence-corrected chi connectivity index (χ0v) is 14.2. The molecule has 5 nitrogen and oxygen atoms in total. The molecule has 1 aliphatic heterocycles. The molecule has 1 heterocycles. The van der Waals surface area contributed by atoms with Gasteiger partial charge in [-0.2, -0.15) is 0 Å². The first-order valence-corrected chi connectivity index (χ1v) is 9.68. The Hall–Kier alpha value is -1.56. The number of hydrogen-bond donors (Lipinski definition) is 1. The van der Waals surface area contributed by atoms with Crippen LogP contribution in [0, 0.1) is 0 Å². The van der Waals surface area contributed by atoms with Gasteiger partial charge in [0, 0.05) is 25.4 Å². The minimum Gasteiger partial charge on any atom is -0.357 e. The van der Waals surface area contributed by atoms with E-state index in [1.807, 2.05) is 6.92 Å². The number of nitrogens with one attached hydrogen (secondary N) is 1. The Morgan fingerprint density at radius 2 is 2.00 bits per heavy atom. The Balaban J connectivity index is 2.05. The third-order valence-electron chi connectivity index (χ3n) is 3.87. The average molecular weight is 323 g/mol. The van der Waals surface area contributed by atoms with Gasteiger partial charge >= 0.3 is 0 Å². The molecule has 0 fully saturated rings. The Bertz CT molecular complexity index is 626. The van der Waals surface area contributed by atoms with Crippen LogP contribution in [0.3, 0.4) is 0 Å². The van der Waals surface area contributed by atoms with Gasteiger partial charge in [-0.05, 0) is 24.5 Å². The van der Waals surface area contributed by atoms with Crippen LogP contribution in [0.25, 0.3) is 0 Å². The quantitative estimate of drug-likeness (QED) is 0.658. The van der Waals surface area contributed by atoms with Crippen LogP contribution in [-0.2, 0) is 22.8 Å². The van der Waals surface area contributed by atoms with Crippen molar-refractivity contribution in [2.45, 2.75) is 26.8 Å². The highest BCUT2D eigenvalue weighted by molar-refractivity contribution is 7.91. The van der Waals surface area contributed by atoms with Crippen molar-refractivity contribution in [1.29, 1.82) is 0 Å². The van der Waals surface area contributed by atoms with E-state index in [1.54, 1.807) is 6.92 Å². The van der Waals surface area contributed by atoms with Gasteiger partial charge in [-0.25, -0.2) is 8.42 Å². The molecule has 1 aliphatic rings. The smallest absolute Gasteiger partial charge is 0.194 e. The van der Waals surface area contributed by atoms with Gasteiger partial charge < -0.3 is 10.2 Å². The van der Waals surface area contributed by atoms with E-state index in [-0.39, 0.29) is 11.5 Å². The molecule has 0 aromatic heterocycles. The second kappa shape index (κ2) is 7.63. The van der Waals surface area contributed by atoms with Crippen LogP contribution in [-0.4, -0.2) is 50.4 Å². The molecule has 1 aromatic rings. The number of sulfone groups is 1. The molecule has 0 radical (unpaired) electrons. The van der Waals surface area contributed by atoms with Crippen LogP contribution < -0.4 is 5.32 Å². The molecule has 6 heteroatoms. The van der Waals surface area contributed by atoms with Crippen LogP contribution in [0.5, 0.6) is 0 Å². The molecule has 22 heavy (non-hydrogen) atoms. The van der Waals surface area contributed by atoms with Crippen molar-refractivity contribution in [3.8, 4) is 0 Å². The molecule has 0 atom stereocenters. The highest BCUT2D eigenvalue weighted by Gasteiger charge is 2.18. The third kappa shape index (κ3) is 4.47. The molecule has 0 saturated carbocycles. The fourth-order valence-corrected chi connectivity index (χ4v) is 3.20. The number of nitrogens with zero attached hydrogens (tertiary/aromatic N) is 2. The summed E-state index contributed by atoms with van der Waals surface area (Å²) >= 11 is 0. The summed E-state index contributed by atoms with van der Waals surface area (Å²) in [5.41, 5.74) is 2.71. The Labute approximate surface area is 133 Å². The van der Waals surface area contributed by atoms with E-state index in [0.717, 1.165) is 32.0 Å².